The predicted octanol–water partition coefficient (Wildman–Crippen LogP) is 3.42. The van der Waals surface area contributed by atoms with Crippen LogP contribution in [0.2, 0.25) is 0 Å². The lowest BCUT2D eigenvalue weighted by atomic mass is 10.0. The van der Waals surface area contributed by atoms with E-state index in [1.165, 1.54) is 5.56 Å². The zero-order valence-electron chi connectivity index (χ0n) is 12.0. The van der Waals surface area contributed by atoms with Crippen LogP contribution in [0.5, 0.6) is 0 Å². The minimum Gasteiger partial charge on any atom is -0.327 e. The van der Waals surface area contributed by atoms with Crippen LogP contribution in [0.3, 0.4) is 0 Å². The third-order valence-electron chi connectivity index (χ3n) is 4.17. The Hall–Kier alpha value is -2.13. The van der Waals surface area contributed by atoms with Crippen LogP contribution < -0.4 is 11.1 Å². The Morgan fingerprint density at radius 3 is 2.24 bits per heavy atom. The number of hydrogen-bond donors (Lipinski definition) is 2. The number of hydrogen-bond acceptors (Lipinski definition) is 2. The van der Waals surface area contributed by atoms with Crippen molar-refractivity contribution in [3.63, 3.8) is 0 Å². The van der Waals surface area contributed by atoms with E-state index in [9.17, 15) is 4.79 Å². The summed E-state index contributed by atoms with van der Waals surface area (Å²) in [4.78, 5) is 12.2. The molecular weight excluding hydrogens is 260 g/mol. The van der Waals surface area contributed by atoms with Crippen LogP contribution in [-0.2, 0) is 4.79 Å². The minimum atomic E-state index is -0.0428. The van der Waals surface area contributed by atoms with Gasteiger partial charge in [-0.3, -0.25) is 4.79 Å². The third-order valence-corrected chi connectivity index (χ3v) is 4.17. The largest absolute Gasteiger partial charge is 0.327 e. The molecular formula is C18H20N2O. The summed E-state index contributed by atoms with van der Waals surface area (Å²) < 4.78 is 0. The van der Waals surface area contributed by atoms with Crippen LogP contribution in [0.1, 0.15) is 19.3 Å². The maximum atomic E-state index is 12.2. The molecule has 21 heavy (non-hydrogen) atoms. The molecule has 3 rings (SSSR count). The van der Waals surface area contributed by atoms with E-state index in [-0.39, 0.29) is 17.9 Å². The molecule has 0 bridgehead atoms. The van der Waals surface area contributed by atoms with Gasteiger partial charge in [-0.1, -0.05) is 48.9 Å². The van der Waals surface area contributed by atoms with Crippen LogP contribution in [0, 0.1) is 5.92 Å². The second kappa shape index (κ2) is 6.10. The number of nitrogens with two attached hydrogens (primary N) is 1. The smallest absolute Gasteiger partial charge is 0.229 e. The van der Waals surface area contributed by atoms with Gasteiger partial charge >= 0.3 is 0 Å². The summed E-state index contributed by atoms with van der Waals surface area (Å²) in [6, 6.07) is 18.1. The maximum absolute atomic E-state index is 12.2. The van der Waals surface area contributed by atoms with Gasteiger partial charge in [-0.15, -0.1) is 0 Å². The van der Waals surface area contributed by atoms with E-state index >= 15 is 0 Å². The maximum Gasteiger partial charge on any atom is 0.229 e. The van der Waals surface area contributed by atoms with Gasteiger partial charge in [-0.2, -0.15) is 0 Å². The molecule has 1 amide bonds. The summed E-state index contributed by atoms with van der Waals surface area (Å²) in [7, 11) is 0. The lowest BCUT2D eigenvalue weighted by Crippen LogP contribution is -2.34. The van der Waals surface area contributed by atoms with Gasteiger partial charge in [-0.25, -0.2) is 0 Å². The predicted molar refractivity (Wildman–Crippen MR) is 85.8 cm³/mol. The Morgan fingerprint density at radius 1 is 0.952 bits per heavy atom. The highest BCUT2D eigenvalue weighted by Gasteiger charge is 2.30. The molecule has 0 aromatic heterocycles. The fourth-order valence-corrected chi connectivity index (χ4v) is 2.93. The molecule has 0 spiro atoms. The zero-order chi connectivity index (χ0) is 14.7. The first-order chi connectivity index (χ1) is 10.2. The van der Waals surface area contributed by atoms with E-state index in [1.54, 1.807) is 0 Å². The van der Waals surface area contributed by atoms with Crippen LogP contribution in [0.4, 0.5) is 5.69 Å². The zero-order valence-corrected chi connectivity index (χ0v) is 12.0. The van der Waals surface area contributed by atoms with E-state index < -0.39 is 0 Å². The first-order valence-corrected chi connectivity index (χ1v) is 7.46. The minimum absolute atomic E-state index is 0.00796. The molecule has 0 aliphatic heterocycles. The van der Waals surface area contributed by atoms with Crippen LogP contribution in [-0.4, -0.2) is 11.9 Å². The number of benzene rings is 2. The number of carbonyl (C=O) groups excluding carboxylic acids is 1. The van der Waals surface area contributed by atoms with Crippen molar-refractivity contribution in [2.75, 3.05) is 5.32 Å². The number of nitrogens with one attached hydrogen (secondary N) is 1. The Kier molecular flexibility index (Phi) is 4.02. The van der Waals surface area contributed by atoms with Crippen molar-refractivity contribution in [2.24, 2.45) is 11.7 Å². The van der Waals surface area contributed by atoms with Gasteiger partial charge in [-0.05, 0) is 36.1 Å². The molecule has 2 unspecified atom stereocenters. The normalized spacial score (nSPS) is 21.2. The lowest BCUT2D eigenvalue weighted by molar-refractivity contribution is -0.120. The van der Waals surface area contributed by atoms with Gasteiger partial charge < -0.3 is 11.1 Å². The molecule has 3 nitrogen and oxygen atoms in total. The summed E-state index contributed by atoms with van der Waals surface area (Å²) in [6.07, 6.45) is 2.90. The van der Waals surface area contributed by atoms with Gasteiger partial charge in [0.05, 0.1) is 5.92 Å². The van der Waals surface area contributed by atoms with E-state index in [2.05, 4.69) is 17.4 Å². The molecule has 0 saturated heterocycles. The van der Waals surface area contributed by atoms with Crippen molar-refractivity contribution in [1.82, 2.24) is 0 Å². The van der Waals surface area contributed by atoms with Crippen molar-refractivity contribution in [2.45, 2.75) is 25.3 Å². The Morgan fingerprint density at radius 2 is 1.62 bits per heavy atom. The molecule has 2 aromatic rings. The first kappa shape index (κ1) is 13.8. The van der Waals surface area contributed by atoms with E-state index in [0.29, 0.717) is 0 Å². The standard InChI is InChI=1S/C18H20N2O/c19-17-8-4-7-16(17)18(21)20-15-11-9-14(10-12-15)13-5-2-1-3-6-13/h1-3,5-6,9-12,16-17H,4,7-8,19H2,(H,20,21). The molecule has 1 aliphatic carbocycles. The highest BCUT2D eigenvalue weighted by Crippen LogP contribution is 2.26. The summed E-state index contributed by atoms with van der Waals surface area (Å²) in [5.41, 5.74) is 9.12. The van der Waals surface area contributed by atoms with Gasteiger partial charge in [0, 0.05) is 11.7 Å². The summed E-state index contributed by atoms with van der Waals surface area (Å²) >= 11 is 0. The van der Waals surface area contributed by atoms with E-state index in [0.717, 1.165) is 30.5 Å². The molecule has 1 aliphatic rings. The van der Waals surface area contributed by atoms with Crippen LogP contribution in [0.15, 0.2) is 54.6 Å². The molecule has 3 heteroatoms. The summed E-state index contributed by atoms with van der Waals surface area (Å²) in [5.74, 6) is 0.00580. The number of rotatable bonds is 3. The monoisotopic (exact) mass is 280 g/mol. The molecule has 1 saturated carbocycles. The molecule has 108 valence electrons. The molecule has 2 atom stereocenters. The average Bonchev–Trinajstić information content (AvgIpc) is 2.95. The highest BCUT2D eigenvalue weighted by atomic mass is 16.1. The molecule has 0 radical (unpaired) electrons. The Labute approximate surface area is 125 Å². The Bertz CT molecular complexity index is 607. The molecule has 3 N–H and O–H groups in total. The topological polar surface area (TPSA) is 55.1 Å². The van der Waals surface area contributed by atoms with Crippen LogP contribution >= 0.6 is 0 Å². The molecule has 1 fully saturated rings. The Balaban J connectivity index is 1.69. The van der Waals surface area contributed by atoms with Crippen LogP contribution in [0.25, 0.3) is 11.1 Å². The van der Waals surface area contributed by atoms with Gasteiger partial charge in [0.25, 0.3) is 0 Å². The SMILES string of the molecule is NC1CCCC1C(=O)Nc1ccc(-c2ccccc2)cc1. The van der Waals surface area contributed by atoms with Crippen molar-refractivity contribution in [3.05, 3.63) is 54.6 Å². The van der Waals surface area contributed by atoms with Gasteiger partial charge in [0.15, 0.2) is 0 Å². The second-order valence-electron chi connectivity index (χ2n) is 5.63. The second-order valence-corrected chi connectivity index (χ2v) is 5.63. The fourth-order valence-electron chi connectivity index (χ4n) is 2.93. The van der Waals surface area contributed by atoms with E-state index in [1.807, 2.05) is 42.5 Å². The molecule has 2 aromatic carbocycles. The van der Waals surface area contributed by atoms with Crippen molar-refractivity contribution >= 4 is 11.6 Å². The number of anilines is 1. The highest BCUT2D eigenvalue weighted by molar-refractivity contribution is 5.93. The number of amides is 1. The van der Waals surface area contributed by atoms with E-state index in [4.69, 9.17) is 5.73 Å². The summed E-state index contributed by atoms with van der Waals surface area (Å²) in [6.45, 7) is 0. The van der Waals surface area contributed by atoms with Crippen molar-refractivity contribution < 1.29 is 4.79 Å². The van der Waals surface area contributed by atoms with Gasteiger partial charge in [0.1, 0.15) is 0 Å². The quantitative estimate of drug-likeness (QED) is 0.905. The average molecular weight is 280 g/mol. The summed E-state index contributed by atoms with van der Waals surface area (Å²) in [5, 5.41) is 2.97. The lowest BCUT2D eigenvalue weighted by Gasteiger charge is -2.15. The fraction of sp³-hybridized carbons (Fsp3) is 0.278. The first-order valence-electron chi connectivity index (χ1n) is 7.46. The third kappa shape index (κ3) is 3.14. The van der Waals surface area contributed by atoms with Crippen molar-refractivity contribution in [3.8, 4) is 11.1 Å². The number of carbonyl (C=O) groups is 1. The molecule has 0 heterocycles. The van der Waals surface area contributed by atoms with Crippen molar-refractivity contribution in [1.29, 1.82) is 0 Å². The van der Waals surface area contributed by atoms with Gasteiger partial charge in [0.2, 0.25) is 5.91 Å².